The van der Waals surface area contributed by atoms with E-state index < -0.39 is 6.10 Å². The molecule has 0 aliphatic carbocycles. The van der Waals surface area contributed by atoms with Crippen LogP contribution in [-0.2, 0) is 11.2 Å². The number of fused-ring (bicyclic) bond motifs is 5. The molecule has 0 radical (unpaired) electrons. The zero-order valence-electron chi connectivity index (χ0n) is 15.7. The molecule has 4 aliphatic heterocycles. The fourth-order valence-electron chi connectivity index (χ4n) is 4.85. The van der Waals surface area contributed by atoms with E-state index in [9.17, 15) is 4.79 Å². The Morgan fingerprint density at radius 3 is 2.54 bits per heavy atom. The molecule has 0 saturated carbocycles. The van der Waals surface area contributed by atoms with Crippen molar-refractivity contribution in [2.75, 3.05) is 34.2 Å². The number of likely N-dealkylation sites (N-methyl/N-ethyl adjacent to an activating group) is 1. The van der Waals surface area contributed by atoms with Gasteiger partial charge in [-0.2, -0.15) is 0 Å². The highest BCUT2D eigenvalue weighted by atomic mass is 16.7. The van der Waals surface area contributed by atoms with Crippen molar-refractivity contribution in [1.82, 2.24) is 0 Å². The maximum Gasteiger partial charge on any atom is 0.343 e. The topological polar surface area (TPSA) is 63.2 Å². The Labute approximate surface area is 161 Å². The largest absolute Gasteiger partial charge is 0.454 e. The van der Waals surface area contributed by atoms with E-state index in [1.165, 1.54) is 5.56 Å². The molecule has 2 atom stereocenters. The molecular formula is C21H20NO6+. The first-order valence-electron chi connectivity index (χ1n) is 9.41. The SMILES string of the molecule is C[N+]1(C)CCc2cc3c(cc2[C@@H]1[C@H]1OC(=O)c2c1ccc1c2OCO1)OCO3. The van der Waals surface area contributed by atoms with Gasteiger partial charge in [0.1, 0.15) is 5.56 Å². The molecule has 28 heavy (non-hydrogen) atoms. The molecule has 0 spiro atoms. The molecule has 6 rings (SSSR count). The van der Waals surface area contributed by atoms with Crippen LogP contribution in [0.15, 0.2) is 24.3 Å². The van der Waals surface area contributed by atoms with Crippen molar-refractivity contribution in [2.24, 2.45) is 0 Å². The fraction of sp³-hybridized carbons (Fsp3) is 0.381. The van der Waals surface area contributed by atoms with Crippen molar-refractivity contribution in [3.63, 3.8) is 0 Å². The molecule has 4 aliphatic rings. The van der Waals surface area contributed by atoms with E-state index in [2.05, 4.69) is 26.2 Å². The van der Waals surface area contributed by atoms with Crippen molar-refractivity contribution in [3.05, 3.63) is 46.5 Å². The van der Waals surface area contributed by atoms with Gasteiger partial charge in [0, 0.05) is 17.5 Å². The predicted octanol–water partition coefficient (Wildman–Crippen LogP) is 2.73. The molecule has 2 aromatic rings. The normalized spacial score (nSPS) is 25.3. The van der Waals surface area contributed by atoms with E-state index in [1.807, 2.05) is 12.1 Å². The highest BCUT2D eigenvalue weighted by Gasteiger charge is 2.50. The summed E-state index contributed by atoms with van der Waals surface area (Å²) in [5.74, 6) is 2.28. The van der Waals surface area contributed by atoms with E-state index in [0.717, 1.165) is 35.6 Å². The van der Waals surface area contributed by atoms with E-state index >= 15 is 0 Å². The summed E-state index contributed by atoms with van der Waals surface area (Å²) >= 11 is 0. The van der Waals surface area contributed by atoms with E-state index in [0.29, 0.717) is 21.5 Å². The minimum absolute atomic E-state index is 0.0520. The monoisotopic (exact) mass is 382 g/mol. The maximum absolute atomic E-state index is 12.8. The van der Waals surface area contributed by atoms with Crippen molar-refractivity contribution >= 4 is 5.97 Å². The van der Waals surface area contributed by atoms with Gasteiger partial charge < -0.3 is 28.2 Å². The molecule has 0 saturated heterocycles. The Bertz CT molecular complexity index is 1030. The second-order valence-electron chi connectivity index (χ2n) is 8.19. The van der Waals surface area contributed by atoms with E-state index in [4.69, 9.17) is 23.7 Å². The Balaban J connectivity index is 1.52. The molecule has 2 aromatic carbocycles. The number of hydrogen-bond donors (Lipinski definition) is 0. The molecular weight excluding hydrogens is 362 g/mol. The van der Waals surface area contributed by atoms with Gasteiger partial charge in [-0.3, -0.25) is 0 Å². The smallest absolute Gasteiger partial charge is 0.343 e. The molecule has 0 fully saturated rings. The summed E-state index contributed by atoms with van der Waals surface area (Å²) in [7, 11) is 4.36. The molecule has 0 aromatic heterocycles. The Morgan fingerprint density at radius 2 is 1.68 bits per heavy atom. The summed E-state index contributed by atoms with van der Waals surface area (Å²) in [6.07, 6.45) is 0.538. The summed E-state index contributed by atoms with van der Waals surface area (Å²) in [6, 6.07) is 7.87. The number of benzene rings is 2. The van der Waals surface area contributed by atoms with Crippen LogP contribution in [-0.4, -0.2) is 44.7 Å². The minimum atomic E-state index is -0.397. The average Bonchev–Trinajstić information content (AvgIpc) is 3.37. The second-order valence-corrected chi connectivity index (χ2v) is 8.19. The number of ether oxygens (including phenoxy) is 5. The number of carbonyl (C=O) groups excluding carboxylic acids is 1. The highest BCUT2D eigenvalue weighted by Crippen LogP contribution is 2.53. The zero-order valence-corrected chi connectivity index (χ0v) is 15.7. The quantitative estimate of drug-likeness (QED) is 0.558. The third-order valence-corrected chi connectivity index (χ3v) is 6.27. The van der Waals surface area contributed by atoms with Crippen LogP contribution in [0.4, 0.5) is 0 Å². The first kappa shape index (κ1) is 16.1. The number of rotatable bonds is 1. The third-order valence-electron chi connectivity index (χ3n) is 6.27. The Kier molecular flexibility index (Phi) is 3.05. The van der Waals surface area contributed by atoms with Gasteiger partial charge in [0.05, 0.1) is 20.6 Å². The van der Waals surface area contributed by atoms with Gasteiger partial charge in [0.15, 0.2) is 35.1 Å². The summed E-state index contributed by atoms with van der Waals surface area (Å²) in [4.78, 5) is 12.8. The molecule has 144 valence electrons. The lowest BCUT2D eigenvalue weighted by Gasteiger charge is -2.44. The van der Waals surface area contributed by atoms with Gasteiger partial charge in [0.2, 0.25) is 13.6 Å². The van der Waals surface area contributed by atoms with Crippen LogP contribution >= 0.6 is 0 Å². The van der Waals surface area contributed by atoms with Crippen LogP contribution in [0.5, 0.6) is 23.0 Å². The van der Waals surface area contributed by atoms with Gasteiger partial charge in [-0.05, 0) is 23.8 Å². The number of hydrogen-bond acceptors (Lipinski definition) is 6. The van der Waals surface area contributed by atoms with Gasteiger partial charge in [0.25, 0.3) is 0 Å². The maximum atomic E-state index is 12.8. The van der Waals surface area contributed by atoms with Crippen LogP contribution < -0.4 is 18.9 Å². The molecule has 0 bridgehead atoms. The minimum Gasteiger partial charge on any atom is -0.454 e. The third kappa shape index (κ3) is 2.05. The fourth-order valence-corrected chi connectivity index (χ4v) is 4.85. The van der Waals surface area contributed by atoms with Crippen molar-refractivity contribution in [3.8, 4) is 23.0 Å². The van der Waals surface area contributed by atoms with Crippen molar-refractivity contribution in [1.29, 1.82) is 0 Å². The zero-order chi connectivity index (χ0) is 19.0. The lowest BCUT2D eigenvalue weighted by molar-refractivity contribution is -0.927. The first-order valence-corrected chi connectivity index (χ1v) is 9.41. The molecule has 0 amide bonds. The summed E-state index contributed by atoms with van der Waals surface area (Å²) < 4.78 is 28.8. The molecule has 7 heteroatoms. The number of carbonyl (C=O) groups is 1. The molecule has 0 N–H and O–H groups in total. The standard InChI is InChI=1S/C21H20NO6/c1-22(2)6-5-11-7-15-16(26-9-25-15)8-13(11)18(22)19-12-3-4-14-20(27-10-24-14)17(12)21(23)28-19/h3-4,7-8,18-19H,5-6,9-10H2,1-2H3/q+1/t18-,19+/m1/s1. The predicted molar refractivity (Wildman–Crippen MR) is 96.7 cm³/mol. The summed E-state index contributed by atoms with van der Waals surface area (Å²) in [5.41, 5.74) is 3.71. The van der Waals surface area contributed by atoms with Gasteiger partial charge >= 0.3 is 5.97 Å². The number of cyclic esters (lactones) is 1. The van der Waals surface area contributed by atoms with Crippen LogP contribution in [0.1, 0.15) is 39.2 Å². The highest BCUT2D eigenvalue weighted by molar-refractivity contribution is 5.98. The van der Waals surface area contributed by atoms with Crippen LogP contribution in [0.2, 0.25) is 0 Å². The van der Waals surface area contributed by atoms with E-state index in [1.54, 1.807) is 0 Å². The lowest BCUT2D eigenvalue weighted by atomic mass is 9.84. The second kappa shape index (κ2) is 5.32. The van der Waals surface area contributed by atoms with Gasteiger partial charge in [-0.1, -0.05) is 6.07 Å². The summed E-state index contributed by atoms with van der Waals surface area (Å²) in [5, 5.41) is 0. The number of nitrogens with zero attached hydrogens (tertiary/aromatic N) is 1. The van der Waals surface area contributed by atoms with E-state index in [-0.39, 0.29) is 25.6 Å². The number of quaternary nitrogens is 1. The molecule has 4 heterocycles. The Hall–Kier alpha value is -2.93. The Morgan fingerprint density at radius 1 is 0.929 bits per heavy atom. The van der Waals surface area contributed by atoms with Crippen LogP contribution in [0.3, 0.4) is 0 Å². The van der Waals surface area contributed by atoms with Crippen molar-refractivity contribution < 1.29 is 33.0 Å². The van der Waals surface area contributed by atoms with Crippen molar-refractivity contribution in [2.45, 2.75) is 18.6 Å². The molecule has 0 unspecified atom stereocenters. The van der Waals surface area contributed by atoms with Gasteiger partial charge in [-0.25, -0.2) is 4.79 Å². The summed E-state index contributed by atoms with van der Waals surface area (Å²) in [6.45, 7) is 1.30. The lowest BCUT2D eigenvalue weighted by Crippen LogP contribution is -2.50. The van der Waals surface area contributed by atoms with Crippen LogP contribution in [0.25, 0.3) is 0 Å². The van der Waals surface area contributed by atoms with Gasteiger partial charge in [-0.15, -0.1) is 0 Å². The number of esters is 1. The molecule has 7 nitrogen and oxygen atoms in total. The first-order chi connectivity index (χ1) is 13.5. The average molecular weight is 382 g/mol. The van der Waals surface area contributed by atoms with Crippen LogP contribution in [0, 0.1) is 0 Å².